The van der Waals surface area contributed by atoms with Gasteiger partial charge < -0.3 is 117 Å². The van der Waals surface area contributed by atoms with Crippen molar-refractivity contribution >= 4 is 111 Å². The van der Waals surface area contributed by atoms with Gasteiger partial charge in [0.2, 0.25) is 88.6 Å². The molecule has 0 saturated carbocycles. The van der Waals surface area contributed by atoms with Gasteiger partial charge in [-0.05, 0) is 89.0 Å². The van der Waals surface area contributed by atoms with Crippen LogP contribution in [0.5, 0.6) is 0 Å². The van der Waals surface area contributed by atoms with E-state index in [1.807, 2.05) is 6.07 Å². The zero-order valence-corrected chi connectivity index (χ0v) is 69.1. The number of H-pyrrole nitrogens is 1. The molecule has 2 aromatic carbocycles. The Morgan fingerprint density at radius 2 is 1.12 bits per heavy atom. The highest BCUT2D eigenvalue weighted by atomic mass is 16.3. The molecule has 39 heteroatoms. The molecule has 1 aromatic heterocycles. The highest BCUT2D eigenvalue weighted by Crippen LogP contribution is 2.24. The number of aliphatic hydroxyl groups is 3. The Hall–Kier alpha value is -11.2. The molecule has 0 spiro atoms. The van der Waals surface area contributed by atoms with E-state index in [0.29, 0.717) is 30.4 Å². The lowest BCUT2D eigenvalue weighted by molar-refractivity contribution is -0.143. The largest absolute Gasteiger partial charge is 0.391 e. The molecule has 0 bridgehead atoms. The number of guanidine groups is 1. The number of nitrogens with one attached hydrogen (secondary N) is 15. The van der Waals surface area contributed by atoms with Crippen LogP contribution in [0.25, 0.3) is 10.9 Å². The number of para-hydroxylation sites is 1. The van der Waals surface area contributed by atoms with Crippen molar-refractivity contribution in [1.82, 2.24) is 79.0 Å². The van der Waals surface area contributed by atoms with E-state index in [4.69, 9.17) is 28.3 Å². The van der Waals surface area contributed by atoms with Crippen LogP contribution in [0.4, 0.5) is 0 Å². The van der Waals surface area contributed by atoms with E-state index >= 15 is 4.79 Å². The summed E-state index contributed by atoms with van der Waals surface area (Å²) in [6, 6.07) is -2.93. The number of carbonyl (C=O) groups excluding carboxylic acids is 16. The number of aromatic amines is 1. The van der Waals surface area contributed by atoms with Crippen LogP contribution in [0.15, 0.2) is 60.8 Å². The summed E-state index contributed by atoms with van der Waals surface area (Å²) in [5.74, 6) is -16.4. The van der Waals surface area contributed by atoms with Crippen molar-refractivity contribution in [2.75, 3.05) is 32.7 Å². The van der Waals surface area contributed by atoms with E-state index in [9.17, 15) is 87.2 Å². The fourth-order valence-electron chi connectivity index (χ4n) is 14.0. The maximum Gasteiger partial charge on any atom is 0.245 e. The predicted octanol–water partition coefficient (Wildman–Crippen LogP) is -2.85. The molecule has 3 heterocycles. The standard InChI is InChI=1S/C81H126N20O19/c1-5-7-9-10-11-12-13-14-15-16-20-33-66(108)90-45-67(109)99-68(47(3)102)78(118)98-61(41-64(82)106)75(115)96-62(42-65(83)107)76(116)100-69(48(4)103)79(119)93-56(29-8-6-2)71(111)94-58-35-34-51(104)44-87-36-24-23-31-55(70(84)110)91-74(114)60(39-50-43-89-54-30-22-21-28-53(50)54)95-72(112)57(32-25-37-88-81(85)86)92-73(113)59(38-49-26-18-17-19-27-49)97-77(117)63-40-52(105)46-101(63)80(58)120/h17-19,21-22,26-28,30,43,47-48,52,55-63,68-69,87,89,102-103,105H,5-16,20,23-25,29,31-42,44-46H2,1-4H3,(H2,82,106)(H2,83,107)(H2,84,110)(H,90,108)(H,91,114)(H,92,113)(H,93,119)(H,94,111)(H,95,112)(H,96,115)(H,97,117)(H,98,118)(H,99,109)(H,100,116)(H4,85,86,88)/t47?,48?,52-,55+,56+,57+,58+,59-,60+,61+,62+,63+,68+,69+/m1/s1. The zero-order valence-electron chi connectivity index (χ0n) is 69.1. The van der Waals surface area contributed by atoms with Gasteiger partial charge >= 0.3 is 0 Å². The molecular weight excluding hydrogens is 1560 g/mol. The molecule has 664 valence electrons. The number of carbonyl (C=O) groups is 16. The Balaban J connectivity index is 1.38. The highest BCUT2D eigenvalue weighted by Gasteiger charge is 2.44. The molecule has 39 nitrogen and oxygen atoms in total. The predicted molar refractivity (Wildman–Crippen MR) is 441 cm³/mol. The minimum Gasteiger partial charge on any atom is -0.391 e. The summed E-state index contributed by atoms with van der Waals surface area (Å²) in [6.07, 6.45) is 5.93. The van der Waals surface area contributed by atoms with Gasteiger partial charge in [-0.15, -0.1) is 0 Å². The summed E-state index contributed by atoms with van der Waals surface area (Å²) in [5, 5.41) is 74.5. The summed E-state index contributed by atoms with van der Waals surface area (Å²) < 4.78 is 0. The minimum absolute atomic E-state index is 0.0110. The average Bonchev–Trinajstić information content (AvgIpc) is 1.64. The lowest BCUT2D eigenvalue weighted by Gasteiger charge is -2.31. The van der Waals surface area contributed by atoms with Gasteiger partial charge in [-0.1, -0.05) is 139 Å². The lowest BCUT2D eigenvalue weighted by Crippen LogP contribution is -2.62. The van der Waals surface area contributed by atoms with Gasteiger partial charge in [-0.25, -0.2) is 0 Å². The summed E-state index contributed by atoms with van der Waals surface area (Å²) in [6.45, 7) is 4.89. The van der Waals surface area contributed by atoms with Gasteiger partial charge in [0.05, 0.1) is 44.2 Å². The molecule has 15 amide bonds. The van der Waals surface area contributed by atoms with Gasteiger partial charge in [0.15, 0.2) is 5.96 Å². The van der Waals surface area contributed by atoms with E-state index in [2.05, 4.69) is 81.0 Å². The summed E-state index contributed by atoms with van der Waals surface area (Å²) in [4.78, 5) is 228. The number of ketones is 1. The van der Waals surface area contributed by atoms with E-state index in [1.165, 1.54) is 32.1 Å². The maximum absolute atomic E-state index is 15.3. The summed E-state index contributed by atoms with van der Waals surface area (Å²) in [7, 11) is 0. The number of aliphatic hydroxyl groups excluding tert-OH is 3. The molecule has 120 heavy (non-hydrogen) atoms. The molecule has 2 fully saturated rings. The number of unbranched alkanes of at least 4 members (excludes halogenated alkanes) is 11. The van der Waals surface area contributed by atoms with Gasteiger partial charge in [-0.3, -0.25) is 82.1 Å². The van der Waals surface area contributed by atoms with Gasteiger partial charge in [-0.2, -0.15) is 0 Å². The summed E-state index contributed by atoms with van der Waals surface area (Å²) in [5.41, 5.74) is 24.2. The summed E-state index contributed by atoms with van der Waals surface area (Å²) >= 11 is 0. The third-order valence-electron chi connectivity index (χ3n) is 20.7. The number of benzene rings is 2. The normalized spacial score (nSPS) is 20.4. The smallest absolute Gasteiger partial charge is 0.245 e. The van der Waals surface area contributed by atoms with E-state index in [-0.39, 0.29) is 83.4 Å². The monoisotopic (exact) mass is 1680 g/mol. The molecule has 2 saturated heterocycles. The number of aromatic nitrogens is 1. The number of hydrogen-bond acceptors (Lipinski definition) is 21. The Morgan fingerprint density at radius 3 is 1.74 bits per heavy atom. The fraction of sp³-hybridized carbons (Fsp3) is 0.617. The van der Waals surface area contributed by atoms with Crippen LogP contribution in [0, 0.1) is 5.41 Å². The molecule has 2 aliphatic rings. The van der Waals surface area contributed by atoms with Crippen molar-refractivity contribution in [3.05, 3.63) is 71.9 Å². The van der Waals surface area contributed by atoms with Crippen LogP contribution in [-0.4, -0.2) is 243 Å². The number of Topliss-reactive ketones (excluding diaryl/α,β-unsaturated/α-hetero) is 1. The molecule has 14 atom stereocenters. The highest BCUT2D eigenvalue weighted by molar-refractivity contribution is 6.02. The second-order valence-corrected chi connectivity index (χ2v) is 30.8. The number of hydrogen-bond donors (Lipinski definition) is 22. The Kier molecular flexibility index (Phi) is 43.6. The Bertz CT molecular complexity index is 3940. The first-order chi connectivity index (χ1) is 57.2. The zero-order chi connectivity index (χ0) is 88.4. The van der Waals surface area contributed by atoms with Crippen LogP contribution >= 0.6 is 0 Å². The average molecular weight is 1680 g/mol. The second kappa shape index (κ2) is 52.7. The van der Waals surface area contributed by atoms with Crippen molar-refractivity contribution in [3.8, 4) is 0 Å². The SMILES string of the molecule is CCCCCCCCCCCCCC(=O)NCC(=O)N[C@H](C(=O)N[C@@H](CC(N)=O)C(=O)N[C@@H](CC(N)=O)C(=O)N[C@H](C(=O)N[C@@H](CCCC)C(=O)N[C@H]1CCC(=O)CNCCCC[C@@H](C(N)=O)NC(=O)[C@H](Cc2c[nH]c3ccccc23)NC(=O)[C@H](CCCNC(=N)N)NC(=O)[C@@H](Cc2ccccc2)NC(=O)[C@@H]2C[C@@H](O)CN2C1=O)C(C)O)C(C)O. The minimum atomic E-state index is -2.05. The Labute approximate surface area is 698 Å². The Morgan fingerprint density at radius 1 is 0.575 bits per heavy atom. The fourth-order valence-corrected chi connectivity index (χ4v) is 14.0. The number of nitrogens with two attached hydrogens (primary N) is 4. The third-order valence-corrected chi connectivity index (χ3v) is 20.7. The quantitative estimate of drug-likeness (QED) is 0.0154. The van der Waals surface area contributed by atoms with Gasteiger partial charge in [0, 0.05) is 62.3 Å². The first-order valence-corrected chi connectivity index (χ1v) is 41.6. The van der Waals surface area contributed by atoms with E-state index in [0.717, 1.165) is 61.8 Å². The molecule has 2 aliphatic heterocycles. The first kappa shape index (κ1) is 99.4. The van der Waals surface area contributed by atoms with E-state index < -0.39 is 224 Å². The molecule has 0 aliphatic carbocycles. The van der Waals surface area contributed by atoms with Crippen molar-refractivity contribution in [2.45, 2.75) is 286 Å². The maximum atomic E-state index is 15.3. The number of nitrogens with zero attached hydrogens (tertiary/aromatic N) is 1. The van der Waals surface area contributed by atoms with Crippen molar-refractivity contribution in [1.29, 1.82) is 5.41 Å². The molecule has 26 N–H and O–H groups in total. The van der Waals surface area contributed by atoms with Crippen molar-refractivity contribution in [2.24, 2.45) is 22.9 Å². The number of rotatable bonds is 43. The third kappa shape index (κ3) is 35.4. The first-order valence-electron chi connectivity index (χ1n) is 41.6. The molecule has 2 unspecified atom stereocenters. The van der Waals surface area contributed by atoms with Crippen molar-refractivity contribution < 1.29 is 92.0 Å². The van der Waals surface area contributed by atoms with Crippen LogP contribution in [0.3, 0.4) is 0 Å². The number of fused-ring (bicyclic) bond motifs is 2. The lowest BCUT2D eigenvalue weighted by atomic mass is 10.0. The molecule has 3 aromatic rings. The van der Waals surface area contributed by atoms with Gasteiger partial charge in [0.25, 0.3) is 0 Å². The van der Waals surface area contributed by atoms with Crippen LogP contribution in [-0.2, 0) is 89.6 Å². The van der Waals surface area contributed by atoms with Gasteiger partial charge in [0.1, 0.15) is 72.2 Å². The van der Waals surface area contributed by atoms with Crippen LogP contribution in [0.2, 0.25) is 0 Å². The van der Waals surface area contributed by atoms with Crippen molar-refractivity contribution in [3.63, 3.8) is 0 Å². The molecule has 5 rings (SSSR count). The van der Waals surface area contributed by atoms with Crippen LogP contribution in [0.1, 0.15) is 199 Å². The molecular formula is C81H126N20O19. The van der Waals surface area contributed by atoms with Crippen LogP contribution < -0.4 is 92.1 Å². The topological polar surface area (TPSA) is 637 Å². The van der Waals surface area contributed by atoms with E-state index in [1.54, 1.807) is 61.7 Å². The number of primary amides is 3. The number of amides is 15. The molecule has 0 radical (unpaired) electrons. The second-order valence-electron chi connectivity index (χ2n) is 30.8.